The van der Waals surface area contributed by atoms with Crippen molar-refractivity contribution in [3.8, 4) is 0 Å². The second kappa shape index (κ2) is 14.0. The third-order valence-electron chi connectivity index (χ3n) is 4.05. The zero-order valence-corrected chi connectivity index (χ0v) is 19.4. The van der Waals surface area contributed by atoms with Crippen LogP contribution in [0.1, 0.15) is 51.4 Å². The Hall–Kier alpha value is -3.06. The molecule has 0 aliphatic heterocycles. The van der Waals surface area contributed by atoms with Crippen LogP contribution in [0.15, 0.2) is 42.2 Å². The van der Waals surface area contributed by atoms with Crippen molar-refractivity contribution < 1.29 is 18.6 Å². The molecule has 0 aliphatic carbocycles. The summed E-state index contributed by atoms with van der Waals surface area (Å²) in [7, 11) is 1.43. The summed E-state index contributed by atoms with van der Waals surface area (Å²) >= 11 is 0. The fourth-order valence-electron chi connectivity index (χ4n) is 2.46. The maximum absolute atomic E-state index is 15.0. The SMILES string of the molecule is C/C=C(\C)O.C=CC(=C)c1nc(N/N=C/C)c(C)c2c(F)c(COC)cc(F)c12.CC. The van der Waals surface area contributed by atoms with E-state index in [2.05, 4.69) is 28.7 Å². The van der Waals surface area contributed by atoms with Crippen LogP contribution >= 0.6 is 0 Å². The Labute approximate surface area is 183 Å². The van der Waals surface area contributed by atoms with Crippen molar-refractivity contribution in [3.05, 3.63) is 65.6 Å². The van der Waals surface area contributed by atoms with Gasteiger partial charge in [0.2, 0.25) is 0 Å². The van der Waals surface area contributed by atoms with Gasteiger partial charge in [-0.3, -0.25) is 5.43 Å². The van der Waals surface area contributed by atoms with E-state index in [4.69, 9.17) is 9.84 Å². The number of nitrogens with one attached hydrogen (secondary N) is 1. The molecule has 5 nitrogen and oxygen atoms in total. The molecular weight excluding hydrogens is 400 g/mol. The zero-order chi connectivity index (χ0) is 24.1. The third-order valence-corrected chi connectivity index (χ3v) is 4.05. The lowest BCUT2D eigenvalue weighted by Crippen LogP contribution is -2.05. The fourth-order valence-corrected chi connectivity index (χ4v) is 2.46. The van der Waals surface area contributed by atoms with E-state index in [9.17, 15) is 8.78 Å². The number of nitrogens with zero attached hydrogens (tertiary/aromatic N) is 2. The Morgan fingerprint density at radius 2 is 1.87 bits per heavy atom. The van der Waals surface area contributed by atoms with Gasteiger partial charge >= 0.3 is 0 Å². The molecule has 0 bridgehead atoms. The topological polar surface area (TPSA) is 66.7 Å². The van der Waals surface area contributed by atoms with Crippen molar-refractivity contribution in [3.63, 3.8) is 0 Å². The van der Waals surface area contributed by atoms with Crippen molar-refractivity contribution in [2.45, 2.75) is 48.1 Å². The molecular formula is C24H33F2N3O2. The summed E-state index contributed by atoms with van der Waals surface area (Å²) in [5.41, 5.74) is 3.93. The quantitative estimate of drug-likeness (QED) is 0.221. The van der Waals surface area contributed by atoms with Gasteiger partial charge in [-0.25, -0.2) is 13.8 Å². The number of anilines is 1. The molecule has 2 aromatic rings. The minimum Gasteiger partial charge on any atom is -0.513 e. The summed E-state index contributed by atoms with van der Waals surface area (Å²) in [6.45, 7) is 18.2. The molecule has 0 fully saturated rings. The van der Waals surface area contributed by atoms with Crippen LogP contribution in [0.2, 0.25) is 0 Å². The molecule has 31 heavy (non-hydrogen) atoms. The summed E-state index contributed by atoms with van der Waals surface area (Å²) in [6, 6.07) is 1.12. The number of pyridine rings is 1. The van der Waals surface area contributed by atoms with E-state index in [-0.39, 0.29) is 28.6 Å². The molecule has 2 rings (SSSR count). The van der Waals surface area contributed by atoms with Crippen molar-refractivity contribution in [2.24, 2.45) is 5.10 Å². The number of allylic oxidation sites excluding steroid dienone is 4. The van der Waals surface area contributed by atoms with Crippen molar-refractivity contribution >= 4 is 28.4 Å². The van der Waals surface area contributed by atoms with Gasteiger partial charge < -0.3 is 9.84 Å². The lowest BCUT2D eigenvalue weighted by molar-refractivity contribution is 0.181. The number of halogens is 2. The molecule has 0 saturated carbocycles. The average Bonchev–Trinajstić information content (AvgIpc) is 2.77. The van der Waals surface area contributed by atoms with Crippen molar-refractivity contribution in [1.29, 1.82) is 0 Å². The second-order valence-corrected chi connectivity index (χ2v) is 6.11. The molecule has 2 N–H and O–H groups in total. The molecule has 0 spiro atoms. The molecule has 0 amide bonds. The number of hydrazone groups is 1. The van der Waals surface area contributed by atoms with E-state index >= 15 is 0 Å². The first-order valence-electron chi connectivity index (χ1n) is 9.90. The van der Waals surface area contributed by atoms with Crippen LogP contribution in [-0.2, 0) is 11.3 Å². The Morgan fingerprint density at radius 1 is 1.29 bits per heavy atom. The first-order chi connectivity index (χ1) is 14.7. The Kier molecular flexibility index (Phi) is 12.6. The normalized spacial score (nSPS) is 10.8. The lowest BCUT2D eigenvalue weighted by Gasteiger charge is -2.16. The van der Waals surface area contributed by atoms with Gasteiger partial charge in [0.05, 0.1) is 18.1 Å². The van der Waals surface area contributed by atoms with Crippen LogP contribution in [0.3, 0.4) is 0 Å². The Bertz CT molecular complexity index is 963. The van der Waals surface area contributed by atoms with Gasteiger partial charge in [0, 0.05) is 35.2 Å². The minimum absolute atomic E-state index is 0.0337. The monoisotopic (exact) mass is 433 g/mol. The molecule has 0 saturated heterocycles. The zero-order valence-electron chi connectivity index (χ0n) is 19.4. The number of fused-ring (bicyclic) bond motifs is 1. The number of hydrogen-bond donors (Lipinski definition) is 2. The number of rotatable bonds is 6. The number of aromatic nitrogens is 1. The summed E-state index contributed by atoms with van der Waals surface area (Å²) in [5, 5.41) is 12.3. The maximum atomic E-state index is 15.0. The second-order valence-electron chi connectivity index (χ2n) is 6.11. The third kappa shape index (κ3) is 7.29. The Morgan fingerprint density at radius 3 is 2.32 bits per heavy atom. The number of aliphatic hydroxyl groups excluding tert-OH is 1. The number of methoxy groups -OCH3 is 1. The summed E-state index contributed by atoms with van der Waals surface area (Å²) in [5.74, 6) is -0.427. The molecule has 170 valence electrons. The van der Waals surface area contributed by atoms with Crippen LogP contribution < -0.4 is 5.43 Å². The number of ether oxygens (including phenoxy) is 1. The van der Waals surface area contributed by atoms with Crippen LogP contribution in [0, 0.1) is 18.6 Å². The molecule has 0 radical (unpaired) electrons. The van der Waals surface area contributed by atoms with Gasteiger partial charge in [0.1, 0.15) is 11.6 Å². The van der Waals surface area contributed by atoms with Crippen LogP contribution in [0.25, 0.3) is 16.3 Å². The molecule has 7 heteroatoms. The molecule has 0 atom stereocenters. The number of aryl methyl sites for hydroxylation is 1. The average molecular weight is 434 g/mol. The van der Waals surface area contributed by atoms with E-state index in [1.54, 1.807) is 33.8 Å². The largest absolute Gasteiger partial charge is 0.513 e. The van der Waals surface area contributed by atoms with E-state index in [0.29, 0.717) is 22.7 Å². The Balaban J connectivity index is 0.00000113. The highest BCUT2D eigenvalue weighted by atomic mass is 19.1. The molecule has 0 unspecified atom stereocenters. The summed E-state index contributed by atoms with van der Waals surface area (Å²) in [6.07, 6.45) is 4.62. The van der Waals surface area contributed by atoms with Gasteiger partial charge in [0.25, 0.3) is 0 Å². The van der Waals surface area contributed by atoms with Crippen LogP contribution in [0.5, 0.6) is 0 Å². The minimum atomic E-state index is -0.586. The van der Waals surface area contributed by atoms with Gasteiger partial charge in [0.15, 0.2) is 5.82 Å². The smallest absolute Gasteiger partial charge is 0.150 e. The standard InChI is InChI=1S/C18H19F2N3O.C4H8O.C2H6/c1-6-10(3)17-15-13(19)8-12(9-24-5)16(20)14(15)11(4)18(22-17)23-21-7-2;1-3-4(2)5;1-2/h6-8H,1,3,9H2,2,4-5H3,(H,22,23);3,5H,1-2H3;1-2H3/b21-7+;4-3+;. The first-order valence-corrected chi connectivity index (χ1v) is 9.90. The van der Waals surface area contributed by atoms with Gasteiger partial charge in [-0.1, -0.05) is 39.2 Å². The first kappa shape index (κ1) is 27.9. The molecule has 1 aromatic heterocycles. The number of benzene rings is 1. The molecule has 1 aromatic carbocycles. The van der Waals surface area contributed by atoms with Crippen LogP contribution in [0.4, 0.5) is 14.6 Å². The van der Waals surface area contributed by atoms with Gasteiger partial charge in [-0.05, 0) is 39.3 Å². The molecule has 0 aliphatic rings. The maximum Gasteiger partial charge on any atom is 0.150 e. The highest BCUT2D eigenvalue weighted by molar-refractivity contribution is 5.98. The van der Waals surface area contributed by atoms with E-state index in [1.807, 2.05) is 13.8 Å². The van der Waals surface area contributed by atoms with E-state index in [1.165, 1.54) is 19.4 Å². The van der Waals surface area contributed by atoms with Crippen molar-refractivity contribution in [2.75, 3.05) is 12.5 Å². The van der Waals surface area contributed by atoms with Gasteiger partial charge in [-0.2, -0.15) is 5.10 Å². The van der Waals surface area contributed by atoms with Gasteiger partial charge in [-0.15, -0.1) is 0 Å². The predicted molar refractivity (Wildman–Crippen MR) is 128 cm³/mol. The highest BCUT2D eigenvalue weighted by Gasteiger charge is 2.21. The predicted octanol–water partition coefficient (Wildman–Crippen LogP) is 7.08. The van der Waals surface area contributed by atoms with Crippen LogP contribution in [-0.4, -0.2) is 23.4 Å². The highest BCUT2D eigenvalue weighted by Crippen LogP contribution is 2.35. The number of hydrogen-bond acceptors (Lipinski definition) is 5. The van der Waals surface area contributed by atoms with E-state index < -0.39 is 11.6 Å². The fraction of sp³-hybridized carbons (Fsp3) is 0.333. The molecule has 1 heterocycles. The lowest BCUT2D eigenvalue weighted by atomic mass is 9.98. The van der Waals surface area contributed by atoms with Crippen molar-refractivity contribution in [1.82, 2.24) is 4.98 Å². The van der Waals surface area contributed by atoms with E-state index in [0.717, 1.165) is 6.07 Å². The summed E-state index contributed by atoms with van der Waals surface area (Å²) in [4.78, 5) is 4.35. The number of aliphatic hydroxyl groups is 1. The summed E-state index contributed by atoms with van der Waals surface area (Å²) < 4.78 is 34.6.